The van der Waals surface area contributed by atoms with E-state index in [2.05, 4.69) is 0 Å². The van der Waals surface area contributed by atoms with Gasteiger partial charge >= 0.3 is 0 Å². The van der Waals surface area contributed by atoms with Gasteiger partial charge in [-0.1, -0.05) is 0 Å². The Morgan fingerprint density at radius 2 is 2.12 bits per heavy atom. The molecule has 0 aromatic carbocycles. The van der Waals surface area contributed by atoms with Gasteiger partial charge in [0.2, 0.25) is 0 Å². The van der Waals surface area contributed by atoms with Crippen molar-refractivity contribution >= 4 is 0 Å². The maximum absolute atomic E-state index is 5.18. The average molecular weight is 114 g/mol. The monoisotopic (exact) mass is 114 g/mol. The van der Waals surface area contributed by atoms with E-state index in [-0.39, 0.29) is 0 Å². The summed E-state index contributed by atoms with van der Waals surface area (Å²) >= 11 is 0. The molecule has 46 valence electrons. The van der Waals surface area contributed by atoms with Gasteiger partial charge in [-0.15, -0.1) is 0 Å². The minimum atomic E-state index is 0.567. The molecule has 2 fully saturated rings. The summed E-state index contributed by atoms with van der Waals surface area (Å²) < 4.78 is 10.3. The van der Waals surface area contributed by atoms with Crippen molar-refractivity contribution in [2.45, 2.75) is 12.5 Å². The number of hydrogen-bond donors (Lipinski definition) is 0. The van der Waals surface area contributed by atoms with Crippen LogP contribution in [0, 0.1) is 5.92 Å². The zero-order valence-electron chi connectivity index (χ0n) is 4.80. The van der Waals surface area contributed by atoms with Crippen LogP contribution >= 0.6 is 0 Å². The fraction of sp³-hybridized carbons (Fsp3) is 1.00. The molecule has 2 aliphatic heterocycles. The van der Waals surface area contributed by atoms with E-state index < -0.39 is 0 Å². The zero-order valence-corrected chi connectivity index (χ0v) is 4.80. The normalized spacial score (nSPS) is 45.0. The van der Waals surface area contributed by atoms with Gasteiger partial charge in [0, 0.05) is 12.5 Å². The van der Waals surface area contributed by atoms with Crippen LogP contribution in [-0.2, 0) is 9.47 Å². The molecule has 0 amide bonds. The quantitative estimate of drug-likeness (QED) is 0.461. The molecular weight excluding hydrogens is 104 g/mol. The van der Waals surface area contributed by atoms with Crippen LogP contribution in [0.3, 0.4) is 0 Å². The Morgan fingerprint density at radius 1 is 1.25 bits per heavy atom. The summed E-state index contributed by atoms with van der Waals surface area (Å²) in [5, 5.41) is 0. The summed E-state index contributed by atoms with van der Waals surface area (Å²) in [4.78, 5) is 0. The molecule has 2 rings (SSSR count). The van der Waals surface area contributed by atoms with Crippen LogP contribution < -0.4 is 0 Å². The van der Waals surface area contributed by atoms with Crippen molar-refractivity contribution in [3.05, 3.63) is 0 Å². The molecule has 2 heteroatoms. The maximum Gasteiger partial charge on any atom is 0.0860 e. The van der Waals surface area contributed by atoms with E-state index in [0.29, 0.717) is 6.10 Å². The first-order chi connectivity index (χ1) is 3.97. The highest BCUT2D eigenvalue weighted by Crippen LogP contribution is 2.26. The standard InChI is InChI=1S/C6H10O2/c1-2-7-3-5(1)6-4-8-6/h5-6H,1-4H2. The first-order valence-electron chi connectivity index (χ1n) is 3.16. The molecule has 0 spiro atoms. The van der Waals surface area contributed by atoms with E-state index in [1.807, 2.05) is 0 Å². The molecule has 2 unspecified atom stereocenters. The highest BCUT2D eigenvalue weighted by molar-refractivity contribution is 4.81. The Hall–Kier alpha value is -0.0800. The summed E-state index contributed by atoms with van der Waals surface area (Å²) in [5.41, 5.74) is 0. The molecule has 2 heterocycles. The molecule has 0 saturated carbocycles. The lowest BCUT2D eigenvalue weighted by molar-refractivity contribution is 0.178. The van der Waals surface area contributed by atoms with Crippen molar-refractivity contribution in [2.24, 2.45) is 5.92 Å². The van der Waals surface area contributed by atoms with Crippen LogP contribution in [0.25, 0.3) is 0 Å². The van der Waals surface area contributed by atoms with E-state index in [1.54, 1.807) is 0 Å². The summed E-state index contributed by atoms with van der Waals surface area (Å²) in [6.45, 7) is 2.86. The molecule has 0 bridgehead atoms. The predicted molar refractivity (Wildman–Crippen MR) is 28.7 cm³/mol. The number of ether oxygens (including phenoxy) is 2. The Balaban J connectivity index is 1.86. The molecule has 2 aliphatic rings. The number of epoxide rings is 1. The second kappa shape index (κ2) is 1.71. The van der Waals surface area contributed by atoms with E-state index in [9.17, 15) is 0 Å². The lowest BCUT2D eigenvalue weighted by Gasteiger charge is -1.97. The fourth-order valence-corrected chi connectivity index (χ4v) is 1.17. The SMILES string of the molecule is C1CC(C2CO2)CO1. The summed E-state index contributed by atoms with van der Waals surface area (Å²) in [5.74, 6) is 0.731. The van der Waals surface area contributed by atoms with E-state index in [4.69, 9.17) is 9.47 Å². The van der Waals surface area contributed by atoms with Gasteiger partial charge < -0.3 is 9.47 Å². The Bertz CT molecular complexity index is 82.5. The van der Waals surface area contributed by atoms with Crippen LogP contribution in [0.2, 0.25) is 0 Å². The van der Waals surface area contributed by atoms with Crippen LogP contribution in [0.15, 0.2) is 0 Å². The van der Waals surface area contributed by atoms with Crippen molar-refractivity contribution in [1.82, 2.24) is 0 Å². The predicted octanol–water partition coefficient (Wildman–Crippen LogP) is 0.422. The average Bonchev–Trinajstić information content (AvgIpc) is 2.49. The molecule has 0 aliphatic carbocycles. The first-order valence-corrected chi connectivity index (χ1v) is 3.16. The third kappa shape index (κ3) is 0.740. The summed E-state index contributed by atoms with van der Waals surface area (Å²) in [6, 6.07) is 0. The van der Waals surface area contributed by atoms with Crippen LogP contribution in [0.4, 0.5) is 0 Å². The van der Waals surface area contributed by atoms with Gasteiger partial charge in [-0.05, 0) is 6.42 Å². The molecule has 8 heavy (non-hydrogen) atoms. The van der Waals surface area contributed by atoms with Gasteiger partial charge in [-0.25, -0.2) is 0 Å². The largest absolute Gasteiger partial charge is 0.381 e. The second-order valence-electron chi connectivity index (χ2n) is 2.50. The maximum atomic E-state index is 5.18. The van der Waals surface area contributed by atoms with Crippen LogP contribution in [0.5, 0.6) is 0 Å². The molecule has 0 aromatic heterocycles. The van der Waals surface area contributed by atoms with Gasteiger partial charge in [0.05, 0.1) is 19.3 Å². The third-order valence-electron chi connectivity index (χ3n) is 1.85. The van der Waals surface area contributed by atoms with Crippen molar-refractivity contribution in [2.75, 3.05) is 19.8 Å². The molecule has 2 saturated heterocycles. The molecule has 0 N–H and O–H groups in total. The van der Waals surface area contributed by atoms with Crippen LogP contribution in [-0.4, -0.2) is 25.9 Å². The number of hydrogen-bond acceptors (Lipinski definition) is 2. The first kappa shape index (κ1) is 4.77. The Labute approximate surface area is 48.8 Å². The minimum Gasteiger partial charge on any atom is -0.381 e. The zero-order chi connectivity index (χ0) is 5.40. The smallest absolute Gasteiger partial charge is 0.0860 e. The van der Waals surface area contributed by atoms with Gasteiger partial charge in [0.15, 0.2) is 0 Å². The van der Waals surface area contributed by atoms with Crippen molar-refractivity contribution < 1.29 is 9.47 Å². The Morgan fingerprint density at radius 3 is 2.62 bits per heavy atom. The van der Waals surface area contributed by atoms with E-state index >= 15 is 0 Å². The van der Waals surface area contributed by atoms with Gasteiger partial charge in [-0.2, -0.15) is 0 Å². The number of rotatable bonds is 1. The molecule has 2 atom stereocenters. The van der Waals surface area contributed by atoms with E-state index in [1.165, 1.54) is 6.42 Å². The molecular formula is C6H10O2. The van der Waals surface area contributed by atoms with Gasteiger partial charge in [0.1, 0.15) is 0 Å². The van der Waals surface area contributed by atoms with Crippen LogP contribution in [0.1, 0.15) is 6.42 Å². The van der Waals surface area contributed by atoms with Crippen molar-refractivity contribution in [3.8, 4) is 0 Å². The summed E-state index contributed by atoms with van der Waals surface area (Å²) in [7, 11) is 0. The highest BCUT2D eigenvalue weighted by Gasteiger charge is 2.34. The van der Waals surface area contributed by atoms with Gasteiger partial charge in [-0.3, -0.25) is 0 Å². The van der Waals surface area contributed by atoms with Gasteiger partial charge in [0.25, 0.3) is 0 Å². The van der Waals surface area contributed by atoms with Crippen molar-refractivity contribution in [3.63, 3.8) is 0 Å². The topological polar surface area (TPSA) is 21.8 Å². The van der Waals surface area contributed by atoms with E-state index in [0.717, 1.165) is 25.7 Å². The molecule has 2 nitrogen and oxygen atoms in total. The Kier molecular flexibility index (Phi) is 1.02. The summed E-state index contributed by atoms with van der Waals surface area (Å²) in [6.07, 6.45) is 1.78. The van der Waals surface area contributed by atoms with Crippen molar-refractivity contribution in [1.29, 1.82) is 0 Å². The lowest BCUT2D eigenvalue weighted by Crippen LogP contribution is -2.06. The lowest BCUT2D eigenvalue weighted by atomic mass is 10.1. The minimum absolute atomic E-state index is 0.567. The molecule has 0 aromatic rings. The second-order valence-corrected chi connectivity index (χ2v) is 2.50. The molecule has 0 radical (unpaired) electrons. The highest BCUT2D eigenvalue weighted by atomic mass is 16.6. The fourth-order valence-electron chi connectivity index (χ4n) is 1.17. The third-order valence-corrected chi connectivity index (χ3v) is 1.85.